The molecule has 23 heavy (non-hydrogen) atoms. The lowest BCUT2D eigenvalue weighted by atomic mass is 9.94. The number of nitrogens with one attached hydrogen (secondary N) is 1. The number of aliphatic carboxylic acids is 1. The zero-order valence-electron chi connectivity index (χ0n) is 13.2. The van der Waals surface area contributed by atoms with Crippen molar-refractivity contribution >= 4 is 11.9 Å². The van der Waals surface area contributed by atoms with Crippen LogP contribution in [0.2, 0.25) is 0 Å². The van der Waals surface area contributed by atoms with Gasteiger partial charge < -0.3 is 10.4 Å². The largest absolute Gasteiger partial charge is 0.481 e. The first-order chi connectivity index (χ1) is 11.0. The molecule has 120 valence electrons. The van der Waals surface area contributed by atoms with E-state index in [1.807, 2.05) is 61.5 Å². The Morgan fingerprint density at radius 1 is 1.00 bits per heavy atom. The fourth-order valence-electron chi connectivity index (χ4n) is 2.41. The molecule has 0 saturated heterocycles. The summed E-state index contributed by atoms with van der Waals surface area (Å²) in [6.07, 6.45) is 0.252. The standard InChI is InChI=1S/C19H21NO3/c1-14-7-9-15(10-8-14)11-17(12-18(21)22)19(23)20-13-16-5-3-2-4-6-16/h2-10,17H,11-13H2,1H3,(H,20,23)(H,21,22)/t17-/m0/s1. The average Bonchev–Trinajstić information content (AvgIpc) is 2.54. The third-order valence-corrected chi connectivity index (χ3v) is 3.70. The third kappa shape index (κ3) is 5.58. The highest BCUT2D eigenvalue weighted by Gasteiger charge is 2.22. The molecule has 0 fully saturated rings. The molecule has 0 aliphatic carbocycles. The summed E-state index contributed by atoms with van der Waals surface area (Å²) in [5.74, 6) is -1.76. The van der Waals surface area contributed by atoms with Crippen LogP contribution in [0.5, 0.6) is 0 Å². The number of hydrogen-bond donors (Lipinski definition) is 2. The lowest BCUT2D eigenvalue weighted by Crippen LogP contribution is -2.33. The van der Waals surface area contributed by atoms with Gasteiger partial charge in [0.05, 0.1) is 12.3 Å². The maximum Gasteiger partial charge on any atom is 0.304 e. The SMILES string of the molecule is Cc1ccc(C[C@@H](CC(=O)O)C(=O)NCc2ccccc2)cc1. The Morgan fingerprint density at radius 3 is 2.26 bits per heavy atom. The summed E-state index contributed by atoms with van der Waals surface area (Å²) in [7, 11) is 0. The Morgan fingerprint density at radius 2 is 1.65 bits per heavy atom. The van der Waals surface area contributed by atoms with Gasteiger partial charge in [-0.1, -0.05) is 60.2 Å². The summed E-state index contributed by atoms with van der Waals surface area (Å²) in [6.45, 7) is 2.40. The number of benzene rings is 2. The van der Waals surface area contributed by atoms with Crippen molar-refractivity contribution < 1.29 is 14.7 Å². The maximum atomic E-state index is 12.3. The van der Waals surface area contributed by atoms with Crippen LogP contribution in [0, 0.1) is 12.8 Å². The minimum atomic E-state index is -0.961. The van der Waals surface area contributed by atoms with Gasteiger partial charge in [0, 0.05) is 6.54 Å². The average molecular weight is 311 g/mol. The molecule has 1 amide bonds. The number of amides is 1. The van der Waals surface area contributed by atoms with Crippen LogP contribution >= 0.6 is 0 Å². The normalized spacial score (nSPS) is 11.7. The summed E-state index contributed by atoms with van der Waals surface area (Å²) in [5, 5.41) is 11.9. The van der Waals surface area contributed by atoms with Crippen LogP contribution in [0.3, 0.4) is 0 Å². The van der Waals surface area contributed by atoms with E-state index in [0.717, 1.165) is 16.7 Å². The third-order valence-electron chi connectivity index (χ3n) is 3.70. The second-order valence-electron chi connectivity index (χ2n) is 5.69. The molecule has 2 aromatic carbocycles. The second-order valence-corrected chi connectivity index (χ2v) is 5.69. The molecule has 0 aliphatic rings. The van der Waals surface area contributed by atoms with Crippen molar-refractivity contribution in [2.75, 3.05) is 0 Å². The minimum absolute atomic E-state index is 0.172. The molecule has 0 aliphatic heterocycles. The monoisotopic (exact) mass is 311 g/mol. The topological polar surface area (TPSA) is 66.4 Å². The fourth-order valence-corrected chi connectivity index (χ4v) is 2.41. The van der Waals surface area contributed by atoms with Gasteiger partial charge in [-0.25, -0.2) is 0 Å². The van der Waals surface area contributed by atoms with E-state index in [1.165, 1.54) is 0 Å². The number of carboxylic acid groups (broad SMARTS) is 1. The molecular weight excluding hydrogens is 290 g/mol. The van der Waals surface area contributed by atoms with E-state index in [0.29, 0.717) is 13.0 Å². The van der Waals surface area contributed by atoms with E-state index >= 15 is 0 Å². The molecule has 0 heterocycles. The van der Waals surface area contributed by atoms with E-state index in [4.69, 9.17) is 5.11 Å². The highest BCUT2D eigenvalue weighted by atomic mass is 16.4. The number of hydrogen-bond acceptors (Lipinski definition) is 2. The van der Waals surface area contributed by atoms with E-state index in [1.54, 1.807) is 0 Å². The summed E-state index contributed by atoms with van der Waals surface area (Å²) >= 11 is 0. The van der Waals surface area contributed by atoms with Gasteiger partial charge in [-0.3, -0.25) is 9.59 Å². The maximum absolute atomic E-state index is 12.3. The van der Waals surface area contributed by atoms with Gasteiger partial charge in [-0.2, -0.15) is 0 Å². The first kappa shape index (κ1) is 16.7. The molecule has 2 aromatic rings. The molecule has 4 heteroatoms. The molecule has 0 bridgehead atoms. The predicted molar refractivity (Wildman–Crippen MR) is 88.9 cm³/mol. The van der Waals surface area contributed by atoms with E-state index < -0.39 is 11.9 Å². The Labute approximate surface area is 136 Å². The van der Waals surface area contributed by atoms with Crippen LogP contribution in [-0.2, 0) is 22.6 Å². The van der Waals surface area contributed by atoms with Crippen molar-refractivity contribution in [3.63, 3.8) is 0 Å². The number of carbonyl (C=O) groups is 2. The zero-order valence-corrected chi connectivity index (χ0v) is 13.2. The summed E-state index contributed by atoms with van der Waals surface area (Å²) in [6, 6.07) is 17.4. The van der Waals surface area contributed by atoms with Crippen molar-refractivity contribution in [1.29, 1.82) is 0 Å². The number of rotatable bonds is 7. The molecule has 0 spiro atoms. The smallest absolute Gasteiger partial charge is 0.304 e. The van der Waals surface area contributed by atoms with Crippen LogP contribution < -0.4 is 5.32 Å². The number of aryl methyl sites for hydroxylation is 1. The highest BCUT2D eigenvalue weighted by molar-refractivity contribution is 5.83. The van der Waals surface area contributed by atoms with Crippen LogP contribution in [-0.4, -0.2) is 17.0 Å². The van der Waals surface area contributed by atoms with E-state index in [2.05, 4.69) is 5.32 Å². The lowest BCUT2D eigenvalue weighted by Gasteiger charge is -2.15. The quantitative estimate of drug-likeness (QED) is 0.826. The van der Waals surface area contributed by atoms with Gasteiger partial charge >= 0.3 is 5.97 Å². The molecular formula is C19H21NO3. The summed E-state index contributed by atoms with van der Waals surface area (Å²) in [4.78, 5) is 23.4. The molecule has 0 radical (unpaired) electrons. The Balaban J connectivity index is 2.00. The molecule has 2 rings (SSSR count). The second kappa shape index (κ2) is 8.13. The Kier molecular flexibility index (Phi) is 5.92. The molecule has 0 aromatic heterocycles. The molecule has 0 saturated carbocycles. The van der Waals surface area contributed by atoms with Crippen LogP contribution in [0.4, 0.5) is 0 Å². The van der Waals surface area contributed by atoms with Crippen LogP contribution in [0.25, 0.3) is 0 Å². The summed E-state index contributed by atoms with van der Waals surface area (Å²) < 4.78 is 0. The van der Waals surface area contributed by atoms with Crippen LogP contribution in [0.15, 0.2) is 54.6 Å². The van der Waals surface area contributed by atoms with Crippen molar-refractivity contribution in [2.24, 2.45) is 5.92 Å². The predicted octanol–water partition coefficient (Wildman–Crippen LogP) is 2.94. The highest BCUT2D eigenvalue weighted by Crippen LogP contribution is 2.14. The van der Waals surface area contributed by atoms with Gasteiger partial charge in [0.25, 0.3) is 0 Å². The molecule has 2 N–H and O–H groups in total. The fraction of sp³-hybridized carbons (Fsp3) is 0.263. The zero-order chi connectivity index (χ0) is 16.7. The first-order valence-corrected chi connectivity index (χ1v) is 7.63. The number of carboxylic acids is 1. The molecule has 4 nitrogen and oxygen atoms in total. The van der Waals surface area contributed by atoms with Crippen molar-refractivity contribution in [2.45, 2.75) is 26.3 Å². The van der Waals surface area contributed by atoms with Gasteiger partial charge in [0.15, 0.2) is 0 Å². The van der Waals surface area contributed by atoms with Gasteiger partial charge in [-0.05, 0) is 24.5 Å². The van der Waals surface area contributed by atoms with Gasteiger partial charge in [-0.15, -0.1) is 0 Å². The van der Waals surface area contributed by atoms with E-state index in [9.17, 15) is 9.59 Å². The van der Waals surface area contributed by atoms with Crippen LogP contribution in [0.1, 0.15) is 23.1 Å². The number of carbonyl (C=O) groups excluding carboxylic acids is 1. The molecule has 1 atom stereocenters. The van der Waals surface area contributed by atoms with Crippen molar-refractivity contribution in [3.8, 4) is 0 Å². The van der Waals surface area contributed by atoms with Gasteiger partial charge in [0.2, 0.25) is 5.91 Å². The van der Waals surface area contributed by atoms with Crippen molar-refractivity contribution in [3.05, 3.63) is 71.3 Å². The van der Waals surface area contributed by atoms with Crippen molar-refractivity contribution in [1.82, 2.24) is 5.32 Å². The van der Waals surface area contributed by atoms with E-state index in [-0.39, 0.29) is 12.3 Å². The minimum Gasteiger partial charge on any atom is -0.481 e. The lowest BCUT2D eigenvalue weighted by molar-refractivity contribution is -0.141. The summed E-state index contributed by atoms with van der Waals surface area (Å²) in [5.41, 5.74) is 3.10. The molecule has 0 unspecified atom stereocenters. The first-order valence-electron chi connectivity index (χ1n) is 7.63. The Hall–Kier alpha value is -2.62. The van der Waals surface area contributed by atoms with Gasteiger partial charge in [0.1, 0.15) is 0 Å². The Bertz CT molecular complexity index is 650.